The number of nitro benzene ring substituents is 1. The van der Waals surface area contributed by atoms with Crippen molar-refractivity contribution >= 4 is 17.3 Å². The molecule has 24 heavy (non-hydrogen) atoms. The second-order valence-electron chi connectivity index (χ2n) is 5.31. The van der Waals surface area contributed by atoms with Crippen LogP contribution >= 0.6 is 0 Å². The predicted molar refractivity (Wildman–Crippen MR) is 77.1 cm³/mol. The van der Waals surface area contributed by atoms with Gasteiger partial charge in [0.1, 0.15) is 24.2 Å². The van der Waals surface area contributed by atoms with Crippen LogP contribution in [0.3, 0.4) is 0 Å². The summed E-state index contributed by atoms with van der Waals surface area (Å²) in [5.74, 6) is -0.685. The van der Waals surface area contributed by atoms with Crippen molar-refractivity contribution in [1.29, 1.82) is 5.26 Å². The fourth-order valence-electron chi connectivity index (χ4n) is 2.52. The lowest BCUT2D eigenvalue weighted by molar-refractivity contribution is -0.385. The lowest BCUT2D eigenvalue weighted by atomic mass is 10.0. The maximum Gasteiger partial charge on any atom is 0.406 e. The number of amides is 1. The highest BCUT2D eigenvalue weighted by Gasteiger charge is 2.37. The van der Waals surface area contributed by atoms with E-state index in [1.165, 1.54) is 12.1 Å². The molecule has 1 saturated heterocycles. The number of carbonyl (C=O) groups excluding carboxylic acids is 1. The van der Waals surface area contributed by atoms with Crippen LogP contribution in [-0.4, -0.2) is 41.0 Å². The van der Waals surface area contributed by atoms with Crippen LogP contribution in [0.4, 0.5) is 24.5 Å². The molecule has 1 atom stereocenters. The van der Waals surface area contributed by atoms with E-state index < -0.39 is 29.6 Å². The Morgan fingerprint density at radius 1 is 1.46 bits per heavy atom. The number of hydrogen-bond donors (Lipinski definition) is 1. The molecule has 10 heteroatoms. The Balaban J connectivity index is 2.14. The third-order valence-corrected chi connectivity index (χ3v) is 3.56. The van der Waals surface area contributed by atoms with Gasteiger partial charge in [-0.05, 0) is 25.0 Å². The number of nitrogens with zero attached hydrogens (tertiary/aromatic N) is 3. The van der Waals surface area contributed by atoms with E-state index in [2.05, 4.69) is 5.32 Å². The van der Waals surface area contributed by atoms with E-state index in [-0.39, 0.29) is 23.5 Å². The van der Waals surface area contributed by atoms with Gasteiger partial charge in [-0.2, -0.15) is 18.4 Å². The molecular formula is C14H13F3N4O3. The van der Waals surface area contributed by atoms with Crippen LogP contribution in [-0.2, 0) is 4.79 Å². The topological polar surface area (TPSA) is 99.3 Å². The first kappa shape index (κ1) is 17.5. The van der Waals surface area contributed by atoms with E-state index in [9.17, 15) is 28.1 Å². The molecule has 1 aliphatic rings. The molecule has 1 fully saturated rings. The van der Waals surface area contributed by atoms with Crippen LogP contribution in [0.5, 0.6) is 0 Å². The molecule has 0 radical (unpaired) electrons. The van der Waals surface area contributed by atoms with E-state index in [0.29, 0.717) is 12.8 Å². The minimum absolute atomic E-state index is 0.0280. The highest BCUT2D eigenvalue weighted by atomic mass is 19.4. The Kier molecular flexibility index (Phi) is 4.92. The van der Waals surface area contributed by atoms with Gasteiger partial charge in [-0.25, -0.2) is 0 Å². The number of halogens is 3. The van der Waals surface area contributed by atoms with Crippen molar-refractivity contribution < 1.29 is 22.9 Å². The Labute approximate surface area is 134 Å². The van der Waals surface area contributed by atoms with Crippen molar-refractivity contribution in [3.05, 3.63) is 33.9 Å². The maximum atomic E-state index is 12.5. The number of nitriles is 1. The van der Waals surface area contributed by atoms with Crippen molar-refractivity contribution in [2.75, 3.05) is 18.4 Å². The maximum absolute atomic E-state index is 12.5. The van der Waals surface area contributed by atoms with Gasteiger partial charge in [0, 0.05) is 18.3 Å². The summed E-state index contributed by atoms with van der Waals surface area (Å²) < 4.78 is 37.4. The van der Waals surface area contributed by atoms with Gasteiger partial charge in [0.05, 0.1) is 4.92 Å². The van der Waals surface area contributed by atoms with Gasteiger partial charge in [0.25, 0.3) is 5.69 Å². The van der Waals surface area contributed by atoms with Crippen LogP contribution in [0.25, 0.3) is 0 Å². The van der Waals surface area contributed by atoms with Gasteiger partial charge in [-0.15, -0.1) is 0 Å². The summed E-state index contributed by atoms with van der Waals surface area (Å²) in [6.45, 7) is -1.28. The van der Waals surface area contributed by atoms with Crippen molar-refractivity contribution in [3.8, 4) is 6.07 Å². The molecular weight excluding hydrogens is 329 g/mol. The molecule has 1 amide bonds. The third-order valence-electron chi connectivity index (χ3n) is 3.56. The normalized spacial score (nSPS) is 18.2. The Morgan fingerprint density at radius 2 is 2.17 bits per heavy atom. The number of nitrogens with one attached hydrogen (secondary N) is 1. The third kappa shape index (κ3) is 4.13. The van der Waals surface area contributed by atoms with Crippen LogP contribution in [0, 0.1) is 21.4 Å². The van der Waals surface area contributed by atoms with E-state index in [0.717, 1.165) is 11.0 Å². The predicted octanol–water partition coefficient (Wildman–Crippen LogP) is 2.43. The quantitative estimate of drug-likeness (QED) is 0.669. The van der Waals surface area contributed by atoms with Gasteiger partial charge < -0.3 is 10.2 Å². The number of benzene rings is 1. The minimum atomic E-state index is -4.47. The monoisotopic (exact) mass is 342 g/mol. The SMILES string of the molecule is N#Cc1cc(N[C@H]2CCCN(CC(F)(F)F)C2=O)ccc1[N+](=O)[O-]. The van der Waals surface area contributed by atoms with E-state index in [1.54, 1.807) is 6.07 Å². The van der Waals surface area contributed by atoms with Crippen molar-refractivity contribution in [2.45, 2.75) is 25.1 Å². The largest absolute Gasteiger partial charge is 0.406 e. The van der Waals surface area contributed by atoms with Crippen molar-refractivity contribution in [2.24, 2.45) is 0 Å². The Bertz CT molecular complexity index is 699. The molecule has 1 aromatic rings. The molecule has 0 unspecified atom stereocenters. The first-order chi connectivity index (χ1) is 11.2. The molecule has 128 valence electrons. The molecule has 1 N–H and O–H groups in total. The molecule has 0 bridgehead atoms. The molecule has 1 aromatic carbocycles. The Morgan fingerprint density at radius 3 is 2.75 bits per heavy atom. The number of nitro groups is 1. The number of carbonyl (C=O) groups is 1. The van der Waals surface area contributed by atoms with Gasteiger partial charge in [0.15, 0.2) is 0 Å². The molecule has 7 nitrogen and oxygen atoms in total. The number of anilines is 1. The van der Waals surface area contributed by atoms with E-state index in [1.807, 2.05) is 0 Å². The summed E-state index contributed by atoms with van der Waals surface area (Å²) in [6.07, 6.45) is -3.73. The van der Waals surface area contributed by atoms with Crippen molar-refractivity contribution in [1.82, 2.24) is 4.90 Å². The molecule has 0 saturated carbocycles. The Hall–Kier alpha value is -2.83. The highest BCUT2D eigenvalue weighted by Crippen LogP contribution is 2.25. The first-order valence-corrected chi connectivity index (χ1v) is 7.02. The smallest absolute Gasteiger partial charge is 0.374 e. The lowest BCUT2D eigenvalue weighted by Crippen LogP contribution is -2.50. The zero-order valence-electron chi connectivity index (χ0n) is 12.3. The molecule has 2 rings (SSSR count). The summed E-state index contributed by atoms with van der Waals surface area (Å²) in [6, 6.07) is 4.44. The molecule has 0 aliphatic carbocycles. The molecule has 0 spiro atoms. The molecule has 1 aliphatic heterocycles. The fourth-order valence-corrected chi connectivity index (χ4v) is 2.52. The molecule has 1 heterocycles. The highest BCUT2D eigenvalue weighted by molar-refractivity contribution is 5.85. The second kappa shape index (κ2) is 6.74. The lowest BCUT2D eigenvalue weighted by Gasteiger charge is -2.33. The van der Waals surface area contributed by atoms with Crippen LogP contribution in [0.15, 0.2) is 18.2 Å². The van der Waals surface area contributed by atoms with E-state index >= 15 is 0 Å². The minimum Gasteiger partial charge on any atom is -0.374 e. The van der Waals surface area contributed by atoms with Gasteiger partial charge in [-0.3, -0.25) is 14.9 Å². The number of likely N-dealkylation sites (tertiary alicyclic amines) is 1. The number of rotatable bonds is 4. The summed E-state index contributed by atoms with van der Waals surface area (Å²) in [7, 11) is 0. The first-order valence-electron chi connectivity index (χ1n) is 7.02. The number of alkyl halides is 3. The van der Waals surface area contributed by atoms with Gasteiger partial charge >= 0.3 is 6.18 Å². The fraction of sp³-hybridized carbons (Fsp3) is 0.429. The standard InChI is InChI=1S/C14H13F3N4O3/c15-14(16,17)8-20-5-1-2-11(13(20)22)19-10-3-4-12(21(23)24)9(6-10)7-18/h3-4,6,11,19H,1-2,5,8H2/t11-/m0/s1. The molecule has 0 aromatic heterocycles. The number of hydrogen-bond acceptors (Lipinski definition) is 5. The summed E-state index contributed by atoms with van der Waals surface area (Å²) >= 11 is 0. The number of piperidine rings is 1. The summed E-state index contributed by atoms with van der Waals surface area (Å²) in [4.78, 5) is 22.9. The van der Waals surface area contributed by atoms with Crippen LogP contribution in [0.1, 0.15) is 18.4 Å². The summed E-state index contributed by atoms with van der Waals surface area (Å²) in [5.41, 5.74) is -0.304. The second-order valence-corrected chi connectivity index (χ2v) is 5.31. The van der Waals surface area contributed by atoms with Gasteiger partial charge in [0.2, 0.25) is 5.91 Å². The zero-order chi connectivity index (χ0) is 17.9. The van der Waals surface area contributed by atoms with Crippen molar-refractivity contribution in [3.63, 3.8) is 0 Å². The average Bonchev–Trinajstić information content (AvgIpc) is 2.49. The van der Waals surface area contributed by atoms with Crippen LogP contribution < -0.4 is 5.32 Å². The average molecular weight is 342 g/mol. The summed E-state index contributed by atoms with van der Waals surface area (Å²) in [5, 5.41) is 22.5. The van der Waals surface area contributed by atoms with E-state index in [4.69, 9.17) is 5.26 Å². The van der Waals surface area contributed by atoms with Crippen LogP contribution in [0.2, 0.25) is 0 Å². The van der Waals surface area contributed by atoms with Gasteiger partial charge in [-0.1, -0.05) is 0 Å². The zero-order valence-corrected chi connectivity index (χ0v) is 12.3.